The Kier molecular flexibility index (Phi) is 13.1. The third kappa shape index (κ3) is 9.06. The predicted molar refractivity (Wildman–Crippen MR) is 230 cm³/mol. The monoisotopic (exact) mass is 828 g/mol. The number of aromatic nitrogens is 4. The van der Waals surface area contributed by atoms with Crippen LogP contribution in [0.3, 0.4) is 0 Å². The second-order valence-corrected chi connectivity index (χ2v) is 16.8. The van der Waals surface area contributed by atoms with Crippen LogP contribution >= 0.6 is 23.5 Å². The number of nitrogens with two attached hydrogens (primary N) is 1. The van der Waals surface area contributed by atoms with Crippen molar-refractivity contribution >= 4 is 29.4 Å². The number of nitriles is 1. The first kappa shape index (κ1) is 41.6. The molecule has 4 heterocycles. The van der Waals surface area contributed by atoms with E-state index >= 15 is 0 Å². The van der Waals surface area contributed by atoms with Crippen LogP contribution in [0.1, 0.15) is 36.8 Å². The van der Waals surface area contributed by atoms with Gasteiger partial charge in [0, 0.05) is 62.7 Å². The van der Waals surface area contributed by atoms with Crippen LogP contribution < -0.4 is 15.2 Å². The lowest BCUT2D eigenvalue weighted by Gasteiger charge is -2.35. The zero-order valence-corrected chi connectivity index (χ0v) is 35.4. The predicted octanol–water partition coefficient (Wildman–Crippen LogP) is 8.60. The first-order valence-corrected chi connectivity index (χ1v) is 21.1. The zero-order chi connectivity index (χ0) is 41.4. The number of hydrogen-bond donors (Lipinski definition) is 1. The molecule has 1 amide bonds. The Morgan fingerprint density at radius 3 is 1.53 bits per heavy atom. The maximum atomic E-state index is 12.4. The highest BCUT2D eigenvalue weighted by Crippen LogP contribution is 2.43. The minimum absolute atomic E-state index is 0.299. The molecule has 2 aliphatic heterocycles. The molecule has 2 fully saturated rings. The normalized spacial score (nSPS) is 15.6. The molecule has 8 rings (SSSR count). The summed E-state index contributed by atoms with van der Waals surface area (Å²) in [7, 11) is 7.21. The quantitative estimate of drug-likeness (QED) is 0.135. The van der Waals surface area contributed by atoms with Gasteiger partial charge in [-0.15, -0.1) is 0 Å². The van der Waals surface area contributed by atoms with Crippen LogP contribution in [0, 0.1) is 11.3 Å². The zero-order valence-electron chi connectivity index (χ0n) is 33.7. The van der Waals surface area contributed by atoms with Crippen molar-refractivity contribution < 1.29 is 23.7 Å². The fourth-order valence-electron chi connectivity index (χ4n) is 7.65. The Balaban J connectivity index is 0.000000179. The van der Waals surface area contributed by atoms with Gasteiger partial charge in [-0.2, -0.15) is 15.5 Å². The summed E-state index contributed by atoms with van der Waals surface area (Å²) >= 11 is 3.25. The van der Waals surface area contributed by atoms with Crippen LogP contribution in [0.5, 0.6) is 11.5 Å². The number of primary amides is 1. The van der Waals surface area contributed by atoms with Gasteiger partial charge < -0.3 is 24.7 Å². The maximum Gasteiger partial charge on any atom is 0.228 e. The van der Waals surface area contributed by atoms with E-state index in [1.54, 1.807) is 50.1 Å². The highest BCUT2D eigenvalue weighted by molar-refractivity contribution is 7.99. The fraction of sp³-hybridized carbons (Fsp3) is 0.304. The smallest absolute Gasteiger partial charge is 0.228 e. The van der Waals surface area contributed by atoms with E-state index in [0.717, 1.165) is 77.6 Å². The van der Waals surface area contributed by atoms with Gasteiger partial charge in [0.05, 0.1) is 52.3 Å². The van der Waals surface area contributed by atoms with Gasteiger partial charge >= 0.3 is 0 Å². The third-order valence-corrected chi connectivity index (χ3v) is 13.3. The highest BCUT2D eigenvalue weighted by atomic mass is 32.2. The maximum absolute atomic E-state index is 12.4. The largest absolute Gasteiger partial charge is 0.496 e. The number of amides is 1. The Labute approximate surface area is 353 Å². The van der Waals surface area contributed by atoms with Gasteiger partial charge in [-0.25, -0.2) is 0 Å². The number of benzene rings is 4. The summed E-state index contributed by atoms with van der Waals surface area (Å²) in [5.74, 6) is 1.29. The Bertz CT molecular complexity index is 2410. The number of carbonyl (C=O) groups is 1. The number of nitrogens with zero attached hydrogens (tertiary/aromatic N) is 5. The van der Waals surface area contributed by atoms with Crippen molar-refractivity contribution in [1.82, 2.24) is 19.6 Å². The van der Waals surface area contributed by atoms with E-state index in [1.165, 1.54) is 0 Å². The first-order valence-electron chi connectivity index (χ1n) is 19.4. The molecule has 2 aliphatic rings. The van der Waals surface area contributed by atoms with Crippen LogP contribution in [0.4, 0.5) is 0 Å². The molecule has 0 radical (unpaired) electrons. The SMILES string of the molecule is COc1ccc(C2(C#N)CCOCC2)cc1Sc1ccc(-c2ccnn2C)cc1.COc1ccc(C2(C(N)=O)CCOCC2)cc1Sc1ccc(-c2ccnn2C)cc1. The second-order valence-electron chi connectivity index (χ2n) is 14.5. The Hall–Kier alpha value is -5.52. The summed E-state index contributed by atoms with van der Waals surface area (Å²) in [5.41, 5.74) is 11.0. The molecule has 4 aromatic carbocycles. The first-order chi connectivity index (χ1) is 28.7. The topological polar surface area (TPSA) is 139 Å². The molecule has 0 bridgehead atoms. The molecule has 0 spiro atoms. The Morgan fingerprint density at radius 1 is 0.678 bits per heavy atom. The number of hydrogen-bond acceptors (Lipinski definition) is 10. The highest BCUT2D eigenvalue weighted by Gasteiger charge is 2.40. The van der Waals surface area contributed by atoms with Gasteiger partial charge in [-0.1, -0.05) is 59.9 Å². The van der Waals surface area contributed by atoms with Crippen molar-refractivity contribution in [3.8, 4) is 40.1 Å². The lowest BCUT2D eigenvalue weighted by Crippen LogP contribution is -2.45. The summed E-state index contributed by atoms with van der Waals surface area (Å²) in [6, 6.07) is 35.3. The van der Waals surface area contributed by atoms with Crippen molar-refractivity contribution in [2.45, 2.75) is 56.1 Å². The molecule has 6 aromatic rings. The van der Waals surface area contributed by atoms with Crippen LogP contribution in [0.25, 0.3) is 22.5 Å². The molecule has 2 N–H and O–H groups in total. The summed E-state index contributed by atoms with van der Waals surface area (Å²) < 4.78 is 25.8. The van der Waals surface area contributed by atoms with Crippen molar-refractivity contribution in [2.24, 2.45) is 19.8 Å². The molecule has 0 aliphatic carbocycles. The lowest BCUT2D eigenvalue weighted by atomic mass is 9.73. The fourth-order valence-corrected chi connectivity index (χ4v) is 9.57. The average molecular weight is 829 g/mol. The number of aryl methyl sites for hydroxylation is 2. The molecule has 11 nitrogen and oxygen atoms in total. The Morgan fingerprint density at radius 2 is 1.12 bits per heavy atom. The molecule has 0 atom stereocenters. The summed E-state index contributed by atoms with van der Waals surface area (Å²) in [4.78, 5) is 16.6. The van der Waals surface area contributed by atoms with E-state index in [4.69, 9.17) is 24.7 Å². The minimum Gasteiger partial charge on any atom is -0.496 e. The van der Waals surface area contributed by atoms with Crippen molar-refractivity contribution in [3.63, 3.8) is 0 Å². The van der Waals surface area contributed by atoms with Crippen LogP contribution in [-0.4, -0.2) is 66.1 Å². The van der Waals surface area contributed by atoms with Gasteiger partial charge in [-0.3, -0.25) is 14.2 Å². The molecule has 13 heteroatoms. The number of carbonyl (C=O) groups excluding carboxylic acids is 1. The van der Waals surface area contributed by atoms with E-state index in [2.05, 4.69) is 70.9 Å². The van der Waals surface area contributed by atoms with Gasteiger partial charge in [-0.05, 0) is 109 Å². The second kappa shape index (κ2) is 18.6. The van der Waals surface area contributed by atoms with Crippen molar-refractivity contribution in [3.05, 3.63) is 121 Å². The van der Waals surface area contributed by atoms with Gasteiger partial charge in [0.1, 0.15) is 11.5 Å². The summed E-state index contributed by atoms with van der Waals surface area (Å²) in [5, 5.41) is 18.4. The van der Waals surface area contributed by atoms with Crippen LogP contribution in [0.15, 0.2) is 129 Å². The number of rotatable bonds is 11. The number of methoxy groups -OCH3 is 2. The molecule has 304 valence electrons. The van der Waals surface area contributed by atoms with Gasteiger partial charge in [0.2, 0.25) is 5.91 Å². The van der Waals surface area contributed by atoms with Crippen molar-refractivity contribution in [1.29, 1.82) is 5.26 Å². The van der Waals surface area contributed by atoms with E-state index < -0.39 is 10.8 Å². The third-order valence-electron chi connectivity index (χ3n) is 11.2. The molecule has 0 unspecified atom stereocenters. The molecule has 0 saturated carbocycles. The van der Waals surface area contributed by atoms with Crippen LogP contribution in [-0.2, 0) is 39.2 Å². The van der Waals surface area contributed by atoms with E-state index in [0.29, 0.717) is 39.3 Å². The number of ether oxygens (including phenoxy) is 4. The molecule has 2 aromatic heterocycles. The lowest BCUT2D eigenvalue weighted by molar-refractivity contribution is -0.127. The average Bonchev–Trinajstić information content (AvgIpc) is 3.92. The molecule has 59 heavy (non-hydrogen) atoms. The molecular weight excluding hydrogens is 781 g/mol. The van der Waals surface area contributed by atoms with Gasteiger partial charge in [0.15, 0.2) is 0 Å². The molecule has 2 saturated heterocycles. The van der Waals surface area contributed by atoms with Crippen LogP contribution in [0.2, 0.25) is 0 Å². The summed E-state index contributed by atoms with van der Waals surface area (Å²) in [6.45, 7) is 2.31. The van der Waals surface area contributed by atoms with Crippen molar-refractivity contribution in [2.75, 3.05) is 40.6 Å². The van der Waals surface area contributed by atoms with E-state index in [1.807, 2.05) is 65.9 Å². The standard InChI is InChI=1S/C23H25N3O3S.C23H23N3O2S/c1-26-19(9-12-25-26)16-3-6-18(7-4-16)30-21-15-17(5-8-20(21)28-2)23(22(24)27)10-13-29-14-11-23;1-26-20(9-12-25-26)17-3-6-19(7-4-17)29-22-15-18(5-8-21(22)27-2)23(16-24)10-13-28-14-11-23/h3-9,12,15H,10-11,13-14H2,1-2H3,(H2,24,27);3-9,12,15H,10-11,13-14H2,1-2H3. The van der Waals surface area contributed by atoms with E-state index in [-0.39, 0.29) is 5.91 Å². The minimum atomic E-state index is -0.691. The van der Waals surface area contributed by atoms with Gasteiger partial charge in [0.25, 0.3) is 0 Å². The summed E-state index contributed by atoms with van der Waals surface area (Å²) in [6.07, 6.45) is 6.23. The molecular formula is C46H48N6O5S2. The van der Waals surface area contributed by atoms with E-state index in [9.17, 15) is 10.1 Å².